The minimum atomic E-state index is -0.385. The maximum absolute atomic E-state index is 11.5. The first kappa shape index (κ1) is 17.9. The number of aryl methyl sites for hydroxylation is 1. The van der Waals surface area contributed by atoms with Crippen molar-refractivity contribution >= 4 is 11.8 Å². The minimum absolute atomic E-state index is 0.0239. The van der Waals surface area contributed by atoms with Gasteiger partial charge in [-0.3, -0.25) is 20.1 Å². The molecule has 0 spiro atoms. The standard InChI is InChI=1S/C19H18N6O3/c1-12-2-3-16(25(26)27)18(22-12)15-11-21-9-6-14(15)10-17-23-19(28-24-17)13-4-7-20-8-5-13/h2-5,7-8,10,15,21H,6,9,11H2,1H3/b14-10+. The predicted octanol–water partition coefficient (Wildman–Crippen LogP) is 2.90. The molecule has 9 heteroatoms. The van der Waals surface area contributed by atoms with Gasteiger partial charge in [0.25, 0.3) is 11.6 Å². The van der Waals surface area contributed by atoms with Crippen LogP contribution in [0.3, 0.4) is 0 Å². The second kappa shape index (κ2) is 7.65. The lowest BCUT2D eigenvalue weighted by Crippen LogP contribution is -2.31. The molecule has 9 nitrogen and oxygen atoms in total. The summed E-state index contributed by atoms with van der Waals surface area (Å²) < 4.78 is 5.34. The van der Waals surface area contributed by atoms with Crippen molar-refractivity contribution in [1.82, 2.24) is 25.4 Å². The first-order chi connectivity index (χ1) is 13.6. The third-order valence-corrected chi connectivity index (χ3v) is 4.64. The van der Waals surface area contributed by atoms with Gasteiger partial charge in [0.05, 0.1) is 4.92 Å². The Balaban J connectivity index is 1.70. The smallest absolute Gasteiger partial charge is 0.291 e. The van der Waals surface area contributed by atoms with Gasteiger partial charge in [0, 0.05) is 42.2 Å². The molecule has 3 aromatic heterocycles. The molecule has 142 valence electrons. The molecule has 3 aromatic rings. The molecular weight excluding hydrogens is 360 g/mol. The Morgan fingerprint density at radius 3 is 2.86 bits per heavy atom. The van der Waals surface area contributed by atoms with Gasteiger partial charge in [-0.05, 0) is 44.2 Å². The van der Waals surface area contributed by atoms with E-state index in [1.54, 1.807) is 30.6 Å². The van der Waals surface area contributed by atoms with Crippen LogP contribution in [-0.4, -0.2) is 38.1 Å². The fourth-order valence-electron chi connectivity index (χ4n) is 3.28. The Kier molecular flexibility index (Phi) is 4.90. The van der Waals surface area contributed by atoms with Crippen molar-refractivity contribution in [3.63, 3.8) is 0 Å². The van der Waals surface area contributed by atoms with E-state index < -0.39 is 0 Å². The average molecular weight is 378 g/mol. The van der Waals surface area contributed by atoms with E-state index in [1.807, 2.05) is 13.0 Å². The number of pyridine rings is 2. The molecule has 1 N–H and O–H groups in total. The number of piperidine rings is 1. The van der Waals surface area contributed by atoms with Crippen LogP contribution in [0.1, 0.15) is 29.6 Å². The Morgan fingerprint density at radius 2 is 2.07 bits per heavy atom. The molecule has 0 radical (unpaired) electrons. The molecule has 1 saturated heterocycles. The summed E-state index contributed by atoms with van der Waals surface area (Å²) in [6.45, 7) is 3.17. The fraction of sp³-hybridized carbons (Fsp3) is 0.263. The largest absolute Gasteiger partial charge is 0.334 e. The van der Waals surface area contributed by atoms with Crippen molar-refractivity contribution in [1.29, 1.82) is 0 Å². The van der Waals surface area contributed by atoms with E-state index in [2.05, 4.69) is 25.4 Å². The Labute approximate surface area is 160 Å². The molecule has 1 atom stereocenters. The van der Waals surface area contributed by atoms with Crippen LogP contribution in [0.4, 0.5) is 5.69 Å². The molecule has 4 rings (SSSR count). The third kappa shape index (κ3) is 3.65. The van der Waals surface area contributed by atoms with Gasteiger partial charge in [0.15, 0.2) is 5.82 Å². The predicted molar refractivity (Wildman–Crippen MR) is 101 cm³/mol. The maximum Gasteiger partial charge on any atom is 0.291 e. The molecule has 0 aliphatic carbocycles. The zero-order valence-corrected chi connectivity index (χ0v) is 15.2. The topological polar surface area (TPSA) is 120 Å². The SMILES string of the molecule is Cc1ccc([N+](=O)[O-])c(C2CNCC/C2=C\c2noc(-c3ccncc3)n2)n1. The van der Waals surface area contributed by atoms with E-state index in [0.717, 1.165) is 29.8 Å². The summed E-state index contributed by atoms with van der Waals surface area (Å²) in [5, 5.41) is 18.8. The van der Waals surface area contributed by atoms with E-state index >= 15 is 0 Å². The van der Waals surface area contributed by atoms with Crippen molar-refractivity contribution in [2.75, 3.05) is 13.1 Å². The van der Waals surface area contributed by atoms with Gasteiger partial charge in [0.2, 0.25) is 0 Å². The van der Waals surface area contributed by atoms with Crippen molar-refractivity contribution in [3.05, 3.63) is 69.6 Å². The lowest BCUT2D eigenvalue weighted by atomic mass is 9.88. The number of nitro groups is 1. The van der Waals surface area contributed by atoms with Crippen LogP contribution in [0.2, 0.25) is 0 Å². The van der Waals surface area contributed by atoms with E-state index in [-0.39, 0.29) is 16.5 Å². The molecular formula is C19H18N6O3. The van der Waals surface area contributed by atoms with Crippen LogP contribution < -0.4 is 5.32 Å². The third-order valence-electron chi connectivity index (χ3n) is 4.64. The van der Waals surface area contributed by atoms with Gasteiger partial charge in [0.1, 0.15) is 5.69 Å². The minimum Gasteiger partial charge on any atom is -0.334 e. The summed E-state index contributed by atoms with van der Waals surface area (Å²) >= 11 is 0. The zero-order valence-electron chi connectivity index (χ0n) is 15.2. The van der Waals surface area contributed by atoms with Crippen molar-refractivity contribution in [2.24, 2.45) is 0 Å². The summed E-state index contributed by atoms with van der Waals surface area (Å²) in [4.78, 5) is 24.0. The van der Waals surface area contributed by atoms with Gasteiger partial charge in [-0.15, -0.1) is 0 Å². The van der Waals surface area contributed by atoms with Gasteiger partial charge < -0.3 is 9.84 Å². The lowest BCUT2D eigenvalue weighted by molar-refractivity contribution is -0.386. The van der Waals surface area contributed by atoms with Gasteiger partial charge in [-0.1, -0.05) is 10.7 Å². The molecule has 1 aliphatic heterocycles. The highest BCUT2D eigenvalue weighted by atomic mass is 16.6. The van der Waals surface area contributed by atoms with Crippen LogP contribution in [0, 0.1) is 17.0 Å². The normalized spacial score (nSPS) is 18.3. The van der Waals surface area contributed by atoms with Crippen molar-refractivity contribution in [2.45, 2.75) is 19.3 Å². The maximum atomic E-state index is 11.5. The highest BCUT2D eigenvalue weighted by molar-refractivity contribution is 5.56. The molecule has 1 aliphatic rings. The second-order valence-corrected chi connectivity index (χ2v) is 6.53. The Bertz CT molecular complexity index is 1030. The number of rotatable bonds is 4. The van der Waals surface area contributed by atoms with E-state index in [4.69, 9.17) is 4.52 Å². The molecule has 4 heterocycles. The highest BCUT2D eigenvalue weighted by Gasteiger charge is 2.29. The summed E-state index contributed by atoms with van der Waals surface area (Å²) in [5.41, 5.74) is 2.99. The number of hydrogen-bond donors (Lipinski definition) is 1. The summed E-state index contributed by atoms with van der Waals surface area (Å²) in [6.07, 6.45) is 5.87. The molecule has 28 heavy (non-hydrogen) atoms. The van der Waals surface area contributed by atoms with Crippen LogP contribution in [-0.2, 0) is 0 Å². The van der Waals surface area contributed by atoms with Gasteiger partial charge in [-0.25, -0.2) is 0 Å². The molecule has 1 unspecified atom stereocenters. The molecule has 0 bridgehead atoms. The Hall–Kier alpha value is -3.46. The van der Waals surface area contributed by atoms with E-state index in [1.165, 1.54) is 6.07 Å². The first-order valence-electron chi connectivity index (χ1n) is 8.89. The number of nitrogens with zero attached hydrogens (tertiary/aromatic N) is 5. The number of aromatic nitrogens is 4. The van der Waals surface area contributed by atoms with Crippen molar-refractivity contribution < 1.29 is 9.45 Å². The summed E-state index contributed by atoms with van der Waals surface area (Å²) in [7, 11) is 0. The van der Waals surface area contributed by atoms with E-state index in [9.17, 15) is 10.1 Å². The van der Waals surface area contributed by atoms with E-state index in [0.29, 0.717) is 24.0 Å². The lowest BCUT2D eigenvalue weighted by Gasteiger charge is -2.25. The van der Waals surface area contributed by atoms with Crippen LogP contribution >= 0.6 is 0 Å². The van der Waals surface area contributed by atoms with Gasteiger partial charge in [-0.2, -0.15) is 4.98 Å². The summed E-state index contributed by atoms with van der Waals surface area (Å²) in [6, 6.07) is 6.75. The number of hydrogen-bond acceptors (Lipinski definition) is 8. The summed E-state index contributed by atoms with van der Waals surface area (Å²) in [5.74, 6) is 0.611. The molecule has 0 aromatic carbocycles. The number of nitrogens with one attached hydrogen (secondary N) is 1. The van der Waals surface area contributed by atoms with Crippen LogP contribution in [0.25, 0.3) is 17.5 Å². The quantitative estimate of drug-likeness (QED) is 0.543. The highest BCUT2D eigenvalue weighted by Crippen LogP contribution is 2.34. The zero-order chi connectivity index (χ0) is 19.5. The Morgan fingerprint density at radius 1 is 1.25 bits per heavy atom. The first-order valence-corrected chi connectivity index (χ1v) is 8.89. The van der Waals surface area contributed by atoms with Gasteiger partial charge >= 0.3 is 0 Å². The van der Waals surface area contributed by atoms with Crippen LogP contribution in [0.5, 0.6) is 0 Å². The van der Waals surface area contributed by atoms with Crippen LogP contribution in [0.15, 0.2) is 46.8 Å². The molecule has 1 fully saturated rings. The molecule has 0 saturated carbocycles. The average Bonchev–Trinajstić information content (AvgIpc) is 3.17. The fourth-order valence-corrected chi connectivity index (χ4v) is 3.28. The second-order valence-electron chi connectivity index (χ2n) is 6.53. The molecule has 0 amide bonds. The van der Waals surface area contributed by atoms with Crippen molar-refractivity contribution in [3.8, 4) is 11.5 Å². The monoisotopic (exact) mass is 378 g/mol.